The maximum atomic E-state index is 13.8. The first-order valence-corrected chi connectivity index (χ1v) is 6.27. The van der Waals surface area contributed by atoms with Crippen LogP contribution in [0.25, 0.3) is 0 Å². The summed E-state index contributed by atoms with van der Waals surface area (Å²) in [5.74, 6) is -1.08. The van der Waals surface area contributed by atoms with Gasteiger partial charge in [0.25, 0.3) is 0 Å². The molecular formula is C14H10ClF4NO2. The molecule has 0 aliphatic rings. The van der Waals surface area contributed by atoms with Crippen LogP contribution in [0.15, 0.2) is 30.3 Å². The highest BCUT2D eigenvalue weighted by molar-refractivity contribution is 6.32. The van der Waals surface area contributed by atoms with E-state index in [0.29, 0.717) is 6.07 Å². The molecule has 0 aromatic heterocycles. The molecule has 0 bridgehead atoms. The molecule has 0 amide bonds. The van der Waals surface area contributed by atoms with Crippen LogP contribution >= 0.6 is 11.6 Å². The fourth-order valence-electron chi connectivity index (χ4n) is 1.68. The Morgan fingerprint density at radius 3 is 2.27 bits per heavy atom. The lowest BCUT2D eigenvalue weighted by Crippen LogP contribution is -2.04. The zero-order valence-electron chi connectivity index (χ0n) is 11.2. The molecule has 118 valence electrons. The Kier molecular flexibility index (Phi) is 4.37. The molecule has 0 saturated carbocycles. The predicted molar refractivity (Wildman–Crippen MR) is 73.9 cm³/mol. The highest BCUT2D eigenvalue weighted by Gasteiger charge is 2.31. The summed E-state index contributed by atoms with van der Waals surface area (Å²) in [5, 5.41) is -0.302. The average molecular weight is 336 g/mol. The molecule has 0 radical (unpaired) electrons. The van der Waals surface area contributed by atoms with Crippen LogP contribution in [0.5, 0.6) is 17.2 Å². The summed E-state index contributed by atoms with van der Waals surface area (Å²) >= 11 is 5.73. The van der Waals surface area contributed by atoms with Gasteiger partial charge in [-0.1, -0.05) is 11.6 Å². The van der Waals surface area contributed by atoms with Crippen molar-refractivity contribution in [2.24, 2.45) is 0 Å². The van der Waals surface area contributed by atoms with Crippen molar-refractivity contribution >= 4 is 17.3 Å². The van der Waals surface area contributed by atoms with Crippen molar-refractivity contribution in [3.8, 4) is 17.2 Å². The Morgan fingerprint density at radius 2 is 1.73 bits per heavy atom. The standard InChI is InChI=1S/C14H10ClF4NO2/c1-21-13-5-9(16)12(6-10(13)20)22-11-3-2-7(4-8(11)15)14(17,18)19/h2-6H,20H2,1H3. The fraction of sp³-hybridized carbons (Fsp3) is 0.143. The zero-order chi connectivity index (χ0) is 16.5. The first kappa shape index (κ1) is 16.2. The van der Waals surface area contributed by atoms with E-state index in [9.17, 15) is 17.6 Å². The van der Waals surface area contributed by atoms with Crippen molar-refractivity contribution in [2.75, 3.05) is 12.8 Å². The number of hydrogen-bond acceptors (Lipinski definition) is 3. The third kappa shape index (κ3) is 3.36. The monoisotopic (exact) mass is 335 g/mol. The maximum absolute atomic E-state index is 13.8. The second kappa shape index (κ2) is 5.92. The van der Waals surface area contributed by atoms with Crippen molar-refractivity contribution in [1.82, 2.24) is 0 Å². The number of ether oxygens (including phenoxy) is 2. The van der Waals surface area contributed by atoms with Gasteiger partial charge in [-0.25, -0.2) is 4.39 Å². The average Bonchev–Trinajstić information content (AvgIpc) is 2.43. The van der Waals surface area contributed by atoms with E-state index in [0.717, 1.165) is 24.3 Å². The van der Waals surface area contributed by atoms with Gasteiger partial charge in [0, 0.05) is 12.1 Å². The third-order valence-electron chi connectivity index (χ3n) is 2.76. The van der Waals surface area contributed by atoms with Crippen LogP contribution in [-0.4, -0.2) is 7.11 Å². The maximum Gasteiger partial charge on any atom is 0.416 e. The molecule has 0 spiro atoms. The number of nitrogen functional groups attached to an aromatic ring is 1. The van der Waals surface area contributed by atoms with E-state index in [1.54, 1.807) is 0 Å². The van der Waals surface area contributed by atoms with Gasteiger partial charge < -0.3 is 15.2 Å². The van der Waals surface area contributed by atoms with E-state index in [2.05, 4.69) is 0 Å². The number of hydrogen-bond donors (Lipinski definition) is 1. The summed E-state index contributed by atoms with van der Waals surface area (Å²) in [4.78, 5) is 0. The van der Waals surface area contributed by atoms with Gasteiger partial charge in [-0.15, -0.1) is 0 Å². The lowest BCUT2D eigenvalue weighted by Gasteiger charge is -2.13. The number of alkyl halides is 3. The summed E-state index contributed by atoms with van der Waals surface area (Å²) in [6.45, 7) is 0. The fourth-order valence-corrected chi connectivity index (χ4v) is 1.90. The first-order valence-electron chi connectivity index (χ1n) is 5.90. The van der Waals surface area contributed by atoms with Crippen LogP contribution in [0.1, 0.15) is 5.56 Å². The van der Waals surface area contributed by atoms with Gasteiger partial charge in [-0.05, 0) is 18.2 Å². The molecule has 0 fully saturated rings. The smallest absolute Gasteiger partial charge is 0.416 e. The molecule has 8 heteroatoms. The molecule has 2 N–H and O–H groups in total. The molecule has 22 heavy (non-hydrogen) atoms. The first-order chi connectivity index (χ1) is 10.2. The summed E-state index contributed by atoms with van der Waals surface area (Å²) in [7, 11) is 1.32. The van der Waals surface area contributed by atoms with E-state index in [1.807, 2.05) is 0 Å². The predicted octanol–water partition coefficient (Wildman–Crippen LogP) is 4.88. The summed E-state index contributed by atoms with van der Waals surface area (Å²) in [5.41, 5.74) is 4.80. The van der Waals surface area contributed by atoms with E-state index < -0.39 is 17.6 Å². The largest absolute Gasteiger partial charge is 0.494 e. The molecule has 0 unspecified atom stereocenters. The number of nitrogens with two attached hydrogens (primary N) is 1. The van der Waals surface area contributed by atoms with Gasteiger partial charge >= 0.3 is 6.18 Å². The Morgan fingerprint density at radius 1 is 1.05 bits per heavy atom. The van der Waals surface area contributed by atoms with Crippen LogP contribution < -0.4 is 15.2 Å². The van der Waals surface area contributed by atoms with Crippen LogP contribution in [0.2, 0.25) is 5.02 Å². The Labute approximate surface area is 128 Å². The second-order valence-corrected chi connectivity index (χ2v) is 4.68. The molecule has 2 rings (SSSR count). The van der Waals surface area contributed by atoms with Gasteiger partial charge in [0.2, 0.25) is 0 Å². The minimum Gasteiger partial charge on any atom is -0.494 e. The topological polar surface area (TPSA) is 44.5 Å². The minimum absolute atomic E-state index is 0.113. The van der Waals surface area contributed by atoms with Gasteiger partial charge in [0.15, 0.2) is 11.6 Å². The molecule has 3 nitrogen and oxygen atoms in total. The molecule has 2 aromatic carbocycles. The van der Waals surface area contributed by atoms with Crippen LogP contribution in [-0.2, 0) is 6.18 Å². The molecule has 0 heterocycles. The quantitative estimate of drug-likeness (QED) is 0.642. The lowest BCUT2D eigenvalue weighted by atomic mass is 10.2. The Balaban J connectivity index is 2.34. The molecule has 0 aliphatic carbocycles. The van der Waals surface area contributed by atoms with Crippen molar-refractivity contribution in [2.45, 2.75) is 6.18 Å². The van der Waals surface area contributed by atoms with Crippen LogP contribution in [0.4, 0.5) is 23.2 Å². The molecule has 0 aliphatic heterocycles. The normalized spacial score (nSPS) is 11.4. The van der Waals surface area contributed by atoms with Gasteiger partial charge in [-0.3, -0.25) is 0 Å². The molecule has 2 aromatic rings. The van der Waals surface area contributed by atoms with Crippen LogP contribution in [0, 0.1) is 5.82 Å². The van der Waals surface area contributed by atoms with Gasteiger partial charge in [-0.2, -0.15) is 13.2 Å². The minimum atomic E-state index is -4.53. The Bertz CT molecular complexity index is 704. The van der Waals surface area contributed by atoms with Gasteiger partial charge in [0.05, 0.1) is 23.4 Å². The van der Waals surface area contributed by atoms with E-state index in [1.165, 1.54) is 7.11 Å². The number of rotatable bonds is 3. The van der Waals surface area contributed by atoms with E-state index >= 15 is 0 Å². The van der Waals surface area contributed by atoms with Gasteiger partial charge in [0.1, 0.15) is 11.5 Å². The van der Waals surface area contributed by atoms with Crippen molar-refractivity contribution in [1.29, 1.82) is 0 Å². The zero-order valence-corrected chi connectivity index (χ0v) is 11.9. The number of halogens is 5. The van der Waals surface area contributed by atoms with Crippen molar-refractivity contribution < 1.29 is 27.0 Å². The summed E-state index contributed by atoms with van der Waals surface area (Å²) < 4.78 is 61.4. The summed E-state index contributed by atoms with van der Waals surface area (Å²) in [6, 6.07) is 4.64. The van der Waals surface area contributed by atoms with E-state index in [4.69, 9.17) is 26.8 Å². The highest BCUT2D eigenvalue weighted by atomic mass is 35.5. The third-order valence-corrected chi connectivity index (χ3v) is 3.06. The molecular weight excluding hydrogens is 326 g/mol. The molecule has 0 saturated heterocycles. The second-order valence-electron chi connectivity index (χ2n) is 4.27. The number of benzene rings is 2. The van der Waals surface area contributed by atoms with Crippen molar-refractivity contribution in [3.05, 3.63) is 46.7 Å². The van der Waals surface area contributed by atoms with Crippen LogP contribution in [0.3, 0.4) is 0 Å². The SMILES string of the molecule is COc1cc(F)c(Oc2ccc(C(F)(F)F)cc2Cl)cc1N. The number of anilines is 1. The lowest BCUT2D eigenvalue weighted by molar-refractivity contribution is -0.137. The number of methoxy groups -OCH3 is 1. The Hall–Kier alpha value is -2.15. The van der Waals surface area contributed by atoms with E-state index in [-0.39, 0.29) is 28.0 Å². The summed E-state index contributed by atoms with van der Waals surface area (Å²) in [6.07, 6.45) is -4.53. The highest BCUT2D eigenvalue weighted by Crippen LogP contribution is 2.38. The van der Waals surface area contributed by atoms with Crippen molar-refractivity contribution in [3.63, 3.8) is 0 Å². The molecule has 0 atom stereocenters.